The minimum absolute atomic E-state index is 0.179. The fraction of sp³-hybridized carbons (Fsp3) is 0.308. The first-order valence-corrected chi connectivity index (χ1v) is 5.91. The molecule has 0 radical (unpaired) electrons. The number of benzene rings is 1. The van der Waals surface area contributed by atoms with Crippen LogP contribution in [0.4, 0.5) is 14.7 Å². The largest absolute Gasteiger partial charge is 0.353 e. The average molecular weight is 249 g/mol. The van der Waals surface area contributed by atoms with Crippen LogP contribution in [0.2, 0.25) is 0 Å². The van der Waals surface area contributed by atoms with Crippen LogP contribution in [0.5, 0.6) is 0 Å². The molecule has 94 valence electrons. The Morgan fingerprint density at radius 1 is 1.33 bits per heavy atom. The first kappa shape index (κ1) is 11.2. The zero-order chi connectivity index (χ0) is 12.7. The normalized spacial score (nSPS) is 14.8. The summed E-state index contributed by atoms with van der Waals surface area (Å²) < 4.78 is 28.5. The van der Waals surface area contributed by atoms with E-state index >= 15 is 0 Å². The average Bonchev–Trinajstić information content (AvgIpc) is 3.05. The molecule has 1 heterocycles. The SMILES string of the molecule is Cc1cn(-c2cc(F)ccc2F)c(NC2CC2)n1. The van der Waals surface area contributed by atoms with E-state index in [0.717, 1.165) is 30.7 Å². The maximum absolute atomic E-state index is 13.8. The summed E-state index contributed by atoms with van der Waals surface area (Å²) in [4.78, 5) is 4.30. The van der Waals surface area contributed by atoms with Crippen molar-refractivity contribution < 1.29 is 8.78 Å². The van der Waals surface area contributed by atoms with Gasteiger partial charge in [0.05, 0.1) is 11.4 Å². The number of rotatable bonds is 3. The number of nitrogens with zero attached hydrogens (tertiary/aromatic N) is 2. The molecule has 0 amide bonds. The lowest BCUT2D eigenvalue weighted by Gasteiger charge is -2.09. The van der Waals surface area contributed by atoms with Gasteiger partial charge in [-0.2, -0.15) is 0 Å². The fourth-order valence-electron chi connectivity index (χ4n) is 1.86. The molecule has 0 atom stereocenters. The van der Waals surface area contributed by atoms with Crippen molar-refractivity contribution in [3.63, 3.8) is 0 Å². The molecule has 18 heavy (non-hydrogen) atoms. The highest BCUT2D eigenvalue weighted by molar-refractivity contribution is 5.45. The summed E-state index contributed by atoms with van der Waals surface area (Å²) in [7, 11) is 0. The Morgan fingerprint density at radius 3 is 2.83 bits per heavy atom. The Kier molecular flexibility index (Phi) is 2.54. The molecule has 1 aromatic carbocycles. The Bertz CT molecular complexity index is 588. The van der Waals surface area contributed by atoms with Gasteiger partial charge in [0.2, 0.25) is 5.95 Å². The van der Waals surface area contributed by atoms with Crippen LogP contribution in [0.3, 0.4) is 0 Å². The van der Waals surface area contributed by atoms with Gasteiger partial charge in [-0.15, -0.1) is 0 Å². The van der Waals surface area contributed by atoms with Crippen LogP contribution < -0.4 is 5.32 Å². The molecular weight excluding hydrogens is 236 g/mol. The van der Waals surface area contributed by atoms with Crippen molar-refractivity contribution in [2.24, 2.45) is 0 Å². The van der Waals surface area contributed by atoms with E-state index in [1.54, 1.807) is 10.8 Å². The highest BCUT2D eigenvalue weighted by Gasteiger charge is 2.23. The molecular formula is C13H13F2N3. The lowest BCUT2D eigenvalue weighted by atomic mass is 10.3. The van der Waals surface area contributed by atoms with E-state index in [4.69, 9.17) is 0 Å². The third-order valence-electron chi connectivity index (χ3n) is 2.90. The molecule has 0 aliphatic heterocycles. The number of aryl methyl sites for hydroxylation is 1. The molecule has 2 aromatic rings. The van der Waals surface area contributed by atoms with Crippen LogP contribution >= 0.6 is 0 Å². The summed E-state index contributed by atoms with van der Waals surface area (Å²) in [5, 5.41) is 3.21. The molecule has 0 saturated heterocycles. The minimum atomic E-state index is -0.465. The Morgan fingerprint density at radius 2 is 2.11 bits per heavy atom. The van der Waals surface area contributed by atoms with Gasteiger partial charge in [-0.25, -0.2) is 13.8 Å². The molecule has 1 aliphatic carbocycles. The predicted molar refractivity (Wildman–Crippen MR) is 64.9 cm³/mol. The zero-order valence-electron chi connectivity index (χ0n) is 9.95. The number of halogens is 2. The zero-order valence-corrected chi connectivity index (χ0v) is 9.95. The van der Waals surface area contributed by atoms with E-state index in [2.05, 4.69) is 10.3 Å². The maximum Gasteiger partial charge on any atom is 0.208 e. The Labute approximate surface area is 103 Å². The van der Waals surface area contributed by atoms with Crippen LogP contribution in [0.15, 0.2) is 24.4 Å². The summed E-state index contributed by atoms with van der Waals surface area (Å²) in [6.45, 7) is 1.83. The minimum Gasteiger partial charge on any atom is -0.353 e. The van der Waals surface area contributed by atoms with Crippen LogP contribution in [0.25, 0.3) is 5.69 Å². The Balaban J connectivity index is 2.06. The smallest absolute Gasteiger partial charge is 0.208 e. The summed E-state index contributed by atoms with van der Waals surface area (Å²) in [6, 6.07) is 3.81. The third kappa shape index (κ3) is 2.08. The summed E-state index contributed by atoms with van der Waals surface area (Å²) in [6.07, 6.45) is 3.89. The molecule has 1 N–H and O–H groups in total. The van der Waals surface area contributed by atoms with Crippen LogP contribution in [0.1, 0.15) is 18.5 Å². The Hall–Kier alpha value is -1.91. The number of nitrogens with one attached hydrogen (secondary N) is 1. The number of imidazole rings is 1. The quantitative estimate of drug-likeness (QED) is 0.906. The van der Waals surface area contributed by atoms with Crippen molar-refractivity contribution in [2.75, 3.05) is 5.32 Å². The second-order valence-electron chi connectivity index (χ2n) is 4.59. The van der Waals surface area contributed by atoms with Crippen molar-refractivity contribution in [1.29, 1.82) is 0 Å². The maximum atomic E-state index is 13.8. The lowest BCUT2D eigenvalue weighted by molar-refractivity contribution is 0.593. The summed E-state index contributed by atoms with van der Waals surface area (Å²) in [5.41, 5.74) is 0.945. The van der Waals surface area contributed by atoms with Crippen molar-refractivity contribution in [2.45, 2.75) is 25.8 Å². The second kappa shape index (κ2) is 4.08. The van der Waals surface area contributed by atoms with Crippen molar-refractivity contribution in [3.05, 3.63) is 41.7 Å². The van der Waals surface area contributed by atoms with Gasteiger partial charge in [-0.3, -0.25) is 4.57 Å². The van der Waals surface area contributed by atoms with Gasteiger partial charge in [-0.1, -0.05) is 0 Å². The highest BCUT2D eigenvalue weighted by atomic mass is 19.1. The number of hydrogen-bond acceptors (Lipinski definition) is 2. The monoisotopic (exact) mass is 249 g/mol. The molecule has 3 rings (SSSR count). The summed E-state index contributed by atoms with van der Waals surface area (Å²) in [5.74, 6) is -0.359. The van der Waals surface area contributed by atoms with E-state index in [-0.39, 0.29) is 5.69 Å². The van der Waals surface area contributed by atoms with E-state index in [1.165, 1.54) is 6.07 Å². The van der Waals surface area contributed by atoms with Crippen molar-refractivity contribution in [3.8, 4) is 5.69 Å². The molecule has 1 aliphatic rings. The molecule has 0 spiro atoms. The van der Waals surface area contributed by atoms with Crippen LogP contribution in [0, 0.1) is 18.6 Å². The van der Waals surface area contributed by atoms with Gasteiger partial charge in [0.15, 0.2) is 0 Å². The van der Waals surface area contributed by atoms with Gasteiger partial charge in [-0.05, 0) is 31.9 Å². The predicted octanol–water partition coefficient (Wildman–Crippen LogP) is 3.03. The van der Waals surface area contributed by atoms with E-state index in [0.29, 0.717) is 12.0 Å². The molecule has 1 aromatic heterocycles. The standard InChI is InChI=1S/C13H13F2N3/c1-8-7-18(13(16-8)17-10-3-4-10)12-6-9(14)2-5-11(12)15/h2,5-7,10H,3-4H2,1H3,(H,16,17). The lowest BCUT2D eigenvalue weighted by Crippen LogP contribution is -2.08. The van der Waals surface area contributed by atoms with Crippen LogP contribution in [-0.2, 0) is 0 Å². The summed E-state index contributed by atoms with van der Waals surface area (Å²) >= 11 is 0. The first-order valence-electron chi connectivity index (χ1n) is 5.91. The van der Waals surface area contributed by atoms with Gasteiger partial charge >= 0.3 is 0 Å². The molecule has 3 nitrogen and oxygen atoms in total. The van der Waals surface area contributed by atoms with E-state index in [1.807, 2.05) is 6.92 Å². The molecule has 5 heteroatoms. The van der Waals surface area contributed by atoms with Crippen molar-refractivity contribution >= 4 is 5.95 Å². The fourth-order valence-corrected chi connectivity index (χ4v) is 1.86. The van der Waals surface area contributed by atoms with Gasteiger partial charge < -0.3 is 5.32 Å². The van der Waals surface area contributed by atoms with Crippen LogP contribution in [-0.4, -0.2) is 15.6 Å². The second-order valence-corrected chi connectivity index (χ2v) is 4.59. The molecule has 1 fully saturated rings. The topological polar surface area (TPSA) is 29.9 Å². The van der Waals surface area contributed by atoms with Gasteiger partial charge in [0, 0.05) is 18.3 Å². The molecule has 1 saturated carbocycles. The highest BCUT2D eigenvalue weighted by Crippen LogP contribution is 2.27. The number of anilines is 1. The van der Waals surface area contributed by atoms with Gasteiger partial charge in [0.1, 0.15) is 11.6 Å². The first-order chi connectivity index (χ1) is 8.63. The van der Waals surface area contributed by atoms with Gasteiger partial charge in [0.25, 0.3) is 0 Å². The third-order valence-corrected chi connectivity index (χ3v) is 2.90. The van der Waals surface area contributed by atoms with E-state index < -0.39 is 11.6 Å². The molecule has 0 bridgehead atoms. The van der Waals surface area contributed by atoms with Crippen molar-refractivity contribution in [1.82, 2.24) is 9.55 Å². The number of hydrogen-bond donors (Lipinski definition) is 1. The van der Waals surface area contributed by atoms with E-state index in [9.17, 15) is 8.78 Å². The molecule has 0 unspecified atom stereocenters. The number of aromatic nitrogens is 2.